The summed E-state index contributed by atoms with van der Waals surface area (Å²) in [6.45, 7) is 0.350. The lowest BCUT2D eigenvalue weighted by atomic mass is 9.91. The minimum atomic E-state index is -2.75. The molecule has 0 aliphatic carbocycles. The fraction of sp³-hybridized carbons (Fsp3) is 0.375. The van der Waals surface area contributed by atoms with Gasteiger partial charge in [-0.2, -0.15) is 10.2 Å². The molecule has 1 amide bonds. The van der Waals surface area contributed by atoms with Gasteiger partial charge in [0.05, 0.1) is 30.5 Å². The molecule has 1 N–H and O–H groups in total. The van der Waals surface area contributed by atoms with Gasteiger partial charge in [0.25, 0.3) is 12.0 Å². The lowest BCUT2D eigenvalue weighted by molar-refractivity contribution is -0.138. The van der Waals surface area contributed by atoms with Crippen molar-refractivity contribution in [3.05, 3.63) is 70.6 Å². The molecule has 4 aromatic rings. The second kappa shape index (κ2) is 10.0. The summed E-state index contributed by atoms with van der Waals surface area (Å²) in [5, 5.41) is 20.1. The number of benzene rings is 1. The van der Waals surface area contributed by atoms with Crippen molar-refractivity contribution in [3.63, 3.8) is 0 Å². The molecule has 5 rings (SSSR count). The van der Waals surface area contributed by atoms with E-state index in [1.54, 1.807) is 24.3 Å². The number of piperidine rings is 1. The zero-order valence-electron chi connectivity index (χ0n) is 19.6. The van der Waals surface area contributed by atoms with Gasteiger partial charge in [-0.1, -0.05) is 11.6 Å². The van der Waals surface area contributed by atoms with Crippen molar-refractivity contribution in [2.45, 2.75) is 43.9 Å². The van der Waals surface area contributed by atoms with Gasteiger partial charge in [0, 0.05) is 30.5 Å². The van der Waals surface area contributed by atoms with Crippen LogP contribution in [0.4, 0.5) is 8.78 Å². The van der Waals surface area contributed by atoms with Crippen molar-refractivity contribution in [3.8, 4) is 5.69 Å². The van der Waals surface area contributed by atoms with E-state index in [9.17, 15) is 23.5 Å². The number of alkyl halides is 2. The number of nitrogens with zero attached hydrogens (tertiary/aromatic N) is 7. The largest absolute Gasteiger partial charge is 0.388 e. The Bertz CT molecular complexity index is 1450. The summed E-state index contributed by atoms with van der Waals surface area (Å²) in [6, 6.07) is 7.12. The molecule has 0 saturated carbocycles. The van der Waals surface area contributed by atoms with E-state index < -0.39 is 30.4 Å². The van der Waals surface area contributed by atoms with Crippen LogP contribution in [-0.2, 0) is 11.3 Å². The van der Waals surface area contributed by atoms with Gasteiger partial charge in [0.15, 0.2) is 5.65 Å². The molecule has 1 saturated heterocycles. The Balaban J connectivity index is 1.26. The summed E-state index contributed by atoms with van der Waals surface area (Å²) in [4.78, 5) is 31.7. The first-order valence-corrected chi connectivity index (χ1v) is 12.1. The number of likely N-dealkylation sites (tertiary alicyclic amines) is 1. The number of hydrogen-bond donors (Lipinski definition) is 1. The number of amides is 1. The maximum absolute atomic E-state index is 13.5. The summed E-state index contributed by atoms with van der Waals surface area (Å²) in [6.07, 6.45) is 2.83. The minimum Gasteiger partial charge on any atom is -0.388 e. The fourth-order valence-electron chi connectivity index (χ4n) is 4.56. The average Bonchev–Trinajstić information content (AvgIpc) is 3.56. The SMILES string of the molecule is O=C(C[C@H](C(F)F)n1cccn1)N1CCC(O)(Cn2cnc3c(cnn3-c3ccc(Cl)cc3)c2=O)CC1. The highest BCUT2D eigenvalue weighted by molar-refractivity contribution is 6.30. The molecule has 10 nitrogen and oxygen atoms in total. The zero-order valence-corrected chi connectivity index (χ0v) is 20.4. The number of aliphatic hydroxyl groups is 1. The summed E-state index contributed by atoms with van der Waals surface area (Å²) >= 11 is 5.95. The maximum Gasteiger partial charge on any atom is 0.264 e. The molecular formula is C24H24ClF2N7O3. The molecule has 1 fully saturated rings. The maximum atomic E-state index is 13.5. The summed E-state index contributed by atoms with van der Waals surface area (Å²) in [7, 11) is 0. The molecule has 13 heteroatoms. The second-order valence-electron chi connectivity index (χ2n) is 9.14. The lowest BCUT2D eigenvalue weighted by Gasteiger charge is -2.38. The van der Waals surface area contributed by atoms with Crippen molar-refractivity contribution in [1.82, 2.24) is 34.0 Å². The molecule has 0 unspecified atom stereocenters. The van der Waals surface area contributed by atoms with E-state index in [0.29, 0.717) is 21.7 Å². The first kappa shape index (κ1) is 25.0. The van der Waals surface area contributed by atoms with E-state index in [1.165, 1.54) is 45.1 Å². The Labute approximate surface area is 214 Å². The van der Waals surface area contributed by atoms with E-state index in [1.807, 2.05) is 0 Å². The van der Waals surface area contributed by atoms with Crippen LogP contribution in [0.25, 0.3) is 16.7 Å². The highest BCUT2D eigenvalue weighted by Gasteiger charge is 2.36. The van der Waals surface area contributed by atoms with Crippen LogP contribution in [0.2, 0.25) is 5.02 Å². The Morgan fingerprint density at radius 3 is 2.54 bits per heavy atom. The summed E-state index contributed by atoms with van der Waals surface area (Å²) in [5.41, 5.74) is -0.536. The molecule has 4 heterocycles. The van der Waals surface area contributed by atoms with E-state index >= 15 is 0 Å². The Hall–Kier alpha value is -3.64. The first-order chi connectivity index (χ1) is 17.7. The van der Waals surface area contributed by atoms with Gasteiger partial charge < -0.3 is 10.0 Å². The molecule has 0 spiro atoms. The number of rotatable bonds is 7. The molecule has 3 aromatic heterocycles. The third-order valence-electron chi connectivity index (χ3n) is 6.68. The van der Waals surface area contributed by atoms with Crippen molar-refractivity contribution >= 4 is 28.5 Å². The van der Waals surface area contributed by atoms with Crippen LogP contribution in [0, 0.1) is 0 Å². The van der Waals surface area contributed by atoms with Crippen molar-refractivity contribution < 1.29 is 18.7 Å². The van der Waals surface area contributed by atoms with E-state index in [2.05, 4.69) is 15.2 Å². The molecule has 0 bridgehead atoms. The predicted octanol–water partition coefficient (Wildman–Crippen LogP) is 2.68. The van der Waals surface area contributed by atoms with Crippen LogP contribution in [0.15, 0.2) is 60.0 Å². The molecule has 37 heavy (non-hydrogen) atoms. The van der Waals surface area contributed by atoms with Gasteiger partial charge in [0.1, 0.15) is 17.8 Å². The topological polar surface area (TPSA) is 111 Å². The number of fused-ring (bicyclic) bond motifs is 1. The molecule has 1 aliphatic rings. The number of aromatic nitrogens is 6. The van der Waals surface area contributed by atoms with Crippen LogP contribution in [0.5, 0.6) is 0 Å². The Morgan fingerprint density at radius 2 is 1.89 bits per heavy atom. The van der Waals surface area contributed by atoms with Crippen LogP contribution in [0.1, 0.15) is 25.3 Å². The third-order valence-corrected chi connectivity index (χ3v) is 6.93. The summed E-state index contributed by atoms with van der Waals surface area (Å²) in [5.74, 6) is -0.433. The quantitative estimate of drug-likeness (QED) is 0.392. The standard InChI is InChI=1S/C24H24ClF2N7O3/c25-16-2-4-17(5-3-16)34-22-18(13-30-34)23(36)32(15-28-22)14-24(37)6-10-31(11-7-24)20(35)12-19(21(26)27)33-9-1-8-29-33/h1-5,8-9,13,15,19,21,37H,6-7,10-12,14H2/t19-/m1/s1. The van der Waals surface area contributed by atoms with Crippen molar-refractivity contribution in [2.24, 2.45) is 0 Å². The smallest absolute Gasteiger partial charge is 0.264 e. The highest BCUT2D eigenvalue weighted by Crippen LogP contribution is 2.27. The Kier molecular flexibility index (Phi) is 6.78. The first-order valence-electron chi connectivity index (χ1n) is 11.7. The van der Waals surface area contributed by atoms with Gasteiger partial charge >= 0.3 is 0 Å². The molecule has 194 valence electrons. The van der Waals surface area contributed by atoms with Crippen LogP contribution in [-0.4, -0.2) is 70.1 Å². The zero-order chi connectivity index (χ0) is 26.2. The second-order valence-corrected chi connectivity index (χ2v) is 9.58. The monoisotopic (exact) mass is 531 g/mol. The minimum absolute atomic E-state index is 0.0180. The highest BCUT2D eigenvalue weighted by atomic mass is 35.5. The average molecular weight is 532 g/mol. The van der Waals surface area contributed by atoms with Crippen molar-refractivity contribution in [2.75, 3.05) is 13.1 Å². The van der Waals surface area contributed by atoms with Gasteiger partial charge in [-0.05, 0) is 43.2 Å². The molecule has 1 aromatic carbocycles. The van der Waals surface area contributed by atoms with E-state index in [0.717, 1.165) is 4.68 Å². The van der Waals surface area contributed by atoms with Crippen molar-refractivity contribution in [1.29, 1.82) is 0 Å². The van der Waals surface area contributed by atoms with Gasteiger partial charge in [-0.25, -0.2) is 18.4 Å². The fourth-order valence-corrected chi connectivity index (χ4v) is 4.69. The number of carbonyl (C=O) groups excluding carboxylic acids is 1. The molecular weight excluding hydrogens is 508 g/mol. The van der Waals surface area contributed by atoms with E-state index in [-0.39, 0.29) is 38.0 Å². The number of carbonyl (C=O) groups is 1. The lowest BCUT2D eigenvalue weighted by Crippen LogP contribution is -2.50. The van der Waals surface area contributed by atoms with Crippen LogP contribution >= 0.6 is 11.6 Å². The van der Waals surface area contributed by atoms with Crippen LogP contribution < -0.4 is 5.56 Å². The van der Waals surface area contributed by atoms with E-state index in [4.69, 9.17) is 11.6 Å². The molecule has 0 radical (unpaired) electrons. The normalized spacial score (nSPS) is 16.4. The number of halogens is 3. The third kappa shape index (κ3) is 5.12. The Morgan fingerprint density at radius 1 is 1.16 bits per heavy atom. The van der Waals surface area contributed by atoms with Crippen LogP contribution in [0.3, 0.4) is 0 Å². The molecule has 1 aliphatic heterocycles. The van der Waals surface area contributed by atoms with Gasteiger partial charge in [-0.15, -0.1) is 0 Å². The summed E-state index contributed by atoms with van der Waals surface area (Å²) < 4.78 is 31.0. The number of hydrogen-bond acceptors (Lipinski definition) is 6. The van der Waals surface area contributed by atoms with Gasteiger partial charge in [0.2, 0.25) is 5.91 Å². The molecule has 1 atom stereocenters. The van der Waals surface area contributed by atoms with Gasteiger partial charge in [-0.3, -0.25) is 18.8 Å². The predicted molar refractivity (Wildman–Crippen MR) is 131 cm³/mol.